The van der Waals surface area contributed by atoms with Gasteiger partial charge in [0.25, 0.3) is 0 Å². The van der Waals surface area contributed by atoms with E-state index in [4.69, 9.17) is 4.74 Å². The Morgan fingerprint density at radius 2 is 1.72 bits per heavy atom. The van der Waals surface area contributed by atoms with Crippen LogP contribution in [0, 0.1) is 17.8 Å². The average Bonchev–Trinajstić information content (AvgIpc) is 2.34. The normalized spacial score (nSPS) is 40.3. The van der Waals surface area contributed by atoms with Crippen molar-refractivity contribution in [1.82, 2.24) is 14.9 Å². The van der Waals surface area contributed by atoms with Crippen LogP contribution in [0.25, 0.3) is 0 Å². The third kappa shape index (κ3) is 1.97. The first-order chi connectivity index (χ1) is 8.38. The highest BCUT2D eigenvalue weighted by molar-refractivity contribution is 5.85. The number of nitrogens with zero attached hydrogens (tertiary/aromatic N) is 3. The van der Waals surface area contributed by atoms with E-state index in [1.807, 2.05) is 0 Å². The van der Waals surface area contributed by atoms with E-state index in [0.717, 1.165) is 23.5 Å². The van der Waals surface area contributed by atoms with Gasteiger partial charge in [-0.1, -0.05) is 0 Å². The molecule has 1 aliphatic carbocycles. The molecule has 0 spiro atoms. The fourth-order valence-electron chi connectivity index (χ4n) is 4.06. The molecule has 0 N–H and O–H groups in total. The summed E-state index contributed by atoms with van der Waals surface area (Å²) in [5, 5.41) is 0. The number of hydrogen-bond acceptors (Lipinski definition) is 4. The molecular weight excluding hydrogens is 250 g/mol. The molecule has 4 nitrogen and oxygen atoms in total. The van der Waals surface area contributed by atoms with Gasteiger partial charge in [-0.25, -0.2) is 9.97 Å². The third-order valence-corrected chi connectivity index (χ3v) is 4.51. The van der Waals surface area contributed by atoms with E-state index in [-0.39, 0.29) is 12.4 Å². The van der Waals surface area contributed by atoms with E-state index in [0.29, 0.717) is 6.10 Å². The molecule has 0 aromatic carbocycles. The number of ether oxygens (including phenoxy) is 1. The number of halogens is 1. The Morgan fingerprint density at radius 1 is 1.06 bits per heavy atom. The molecule has 1 aromatic rings. The summed E-state index contributed by atoms with van der Waals surface area (Å²) in [5.41, 5.74) is 0. The molecular formula is C13H18ClN3O. The zero-order valence-electron chi connectivity index (χ0n) is 10.2. The number of hydrogen-bond donors (Lipinski definition) is 0. The van der Waals surface area contributed by atoms with Crippen molar-refractivity contribution in [2.45, 2.75) is 18.9 Å². The molecule has 5 heteroatoms. The van der Waals surface area contributed by atoms with Gasteiger partial charge in [-0.3, -0.25) is 0 Å². The minimum absolute atomic E-state index is 0. The summed E-state index contributed by atoms with van der Waals surface area (Å²) in [5.74, 6) is 3.21. The fraction of sp³-hybridized carbons (Fsp3) is 0.692. The van der Waals surface area contributed by atoms with Crippen LogP contribution in [0.5, 0.6) is 5.75 Å². The van der Waals surface area contributed by atoms with Crippen molar-refractivity contribution in [3.05, 3.63) is 18.7 Å². The standard InChI is InChI=1S/C13H17N3O.ClH/c1-9-2-11-7-16(5-9)6-10(1)13(11)17-12-3-14-8-15-4-12;/h3-4,8-11,13H,1-2,5-7H2;1H. The molecule has 98 valence electrons. The molecule has 5 rings (SSSR count). The Bertz CT molecular complexity index is 386. The molecule has 18 heavy (non-hydrogen) atoms. The van der Waals surface area contributed by atoms with Crippen molar-refractivity contribution in [2.24, 2.45) is 17.8 Å². The van der Waals surface area contributed by atoms with Gasteiger partial charge in [0.15, 0.2) is 5.75 Å². The predicted molar refractivity (Wildman–Crippen MR) is 69.8 cm³/mol. The summed E-state index contributed by atoms with van der Waals surface area (Å²) in [6.07, 6.45) is 8.21. The van der Waals surface area contributed by atoms with Crippen LogP contribution in [0.4, 0.5) is 0 Å². The lowest BCUT2D eigenvalue weighted by Crippen LogP contribution is -2.61. The van der Waals surface area contributed by atoms with Gasteiger partial charge in [0.1, 0.15) is 12.4 Å². The van der Waals surface area contributed by atoms with Gasteiger partial charge in [-0.2, -0.15) is 0 Å². The highest BCUT2D eigenvalue weighted by atomic mass is 35.5. The SMILES string of the molecule is Cl.c1ncc(OC2C3CC4CC2CN(C4)C3)cn1. The molecule has 2 atom stereocenters. The summed E-state index contributed by atoms with van der Waals surface area (Å²) in [6, 6.07) is 0. The first kappa shape index (κ1) is 12.2. The van der Waals surface area contributed by atoms with Gasteiger partial charge in [-0.15, -0.1) is 12.4 Å². The van der Waals surface area contributed by atoms with Crippen LogP contribution in [-0.2, 0) is 0 Å². The Hall–Kier alpha value is -0.870. The first-order valence-electron chi connectivity index (χ1n) is 6.52. The minimum atomic E-state index is 0. The maximum absolute atomic E-state index is 6.14. The van der Waals surface area contributed by atoms with E-state index in [2.05, 4.69) is 14.9 Å². The quantitative estimate of drug-likeness (QED) is 0.816. The molecule has 2 unspecified atom stereocenters. The molecule has 4 bridgehead atoms. The summed E-state index contributed by atoms with van der Waals surface area (Å²) in [4.78, 5) is 10.7. The number of rotatable bonds is 2. The van der Waals surface area contributed by atoms with Gasteiger partial charge in [-0.05, 0) is 18.8 Å². The van der Waals surface area contributed by atoms with Crippen molar-refractivity contribution < 1.29 is 4.74 Å². The maximum atomic E-state index is 6.14. The van der Waals surface area contributed by atoms with Gasteiger partial charge in [0.2, 0.25) is 0 Å². The molecule has 3 aliphatic heterocycles. The second-order valence-corrected chi connectivity index (χ2v) is 5.73. The second kappa shape index (κ2) is 4.67. The van der Waals surface area contributed by atoms with Crippen LogP contribution in [0.2, 0.25) is 0 Å². The number of aromatic nitrogens is 2. The molecule has 3 saturated heterocycles. The maximum Gasteiger partial charge on any atom is 0.156 e. The van der Waals surface area contributed by atoms with Gasteiger partial charge < -0.3 is 9.64 Å². The highest BCUT2D eigenvalue weighted by Gasteiger charge is 2.48. The average molecular weight is 268 g/mol. The Balaban J connectivity index is 0.000001000. The summed E-state index contributed by atoms with van der Waals surface area (Å²) in [7, 11) is 0. The van der Waals surface area contributed by atoms with Gasteiger partial charge >= 0.3 is 0 Å². The van der Waals surface area contributed by atoms with Crippen LogP contribution in [0.1, 0.15) is 12.8 Å². The second-order valence-electron chi connectivity index (χ2n) is 5.73. The van der Waals surface area contributed by atoms with Crippen molar-refractivity contribution in [3.63, 3.8) is 0 Å². The van der Waals surface area contributed by atoms with Crippen LogP contribution in [0.3, 0.4) is 0 Å². The number of piperidine rings is 3. The van der Waals surface area contributed by atoms with Crippen LogP contribution in [-0.4, -0.2) is 40.6 Å². The summed E-state index contributed by atoms with van der Waals surface area (Å²) in [6.45, 7) is 3.78. The predicted octanol–water partition coefficient (Wildman–Crippen LogP) is 1.62. The van der Waals surface area contributed by atoms with E-state index < -0.39 is 0 Å². The molecule has 1 aromatic heterocycles. The van der Waals surface area contributed by atoms with E-state index >= 15 is 0 Å². The molecule has 4 fully saturated rings. The zero-order chi connectivity index (χ0) is 11.2. The Labute approximate surface area is 113 Å². The molecule has 1 saturated carbocycles. The van der Waals surface area contributed by atoms with Crippen molar-refractivity contribution in [3.8, 4) is 5.75 Å². The van der Waals surface area contributed by atoms with Crippen LogP contribution >= 0.6 is 12.4 Å². The van der Waals surface area contributed by atoms with Crippen LogP contribution < -0.4 is 4.74 Å². The molecule has 0 amide bonds. The topological polar surface area (TPSA) is 38.2 Å². The Morgan fingerprint density at radius 3 is 2.33 bits per heavy atom. The summed E-state index contributed by atoms with van der Waals surface area (Å²) >= 11 is 0. The van der Waals surface area contributed by atoms with Gasteiger partial charge in [0, 0.05) is 31.5 Å². The van der Waals surface area contributed by atoms with Crippen molar-refractivity contribution in [1.29, 1.82) is 0 Å². The van der Waals surface area contributed by atoms with Crippen molar-refractivity contribution >= 4 is 12.4 Å². The molecule has 4 heterocycles. The summed E-state index contributed by atoms with van der Waals surface area (Å²) < 4.78 is 6.14. The zero-order valence-corrected chi connectivity index (χ0v) is 11.1. The lowest BCUT2D eigenvalue weighted by Gasteiger charge is -2.55. The largest absolute Gasteiger partial charge is 0.487 e. The van der Waals surface area contributed by atoms with Gasteiger partial charge in [0.05, 0.1) is 12.4 Å². The monoisotopic (exact) mass is 267 g/mol. The third-order valence-electron chi connectivity index (χ3n) is 4.51. The molecule has 0 radical (unpaired) electrons. The fourth-order valence-corrected chi connectivity index (χ4v) is 4.06. The van der Waals surface area contributed by atoms with E-state index in [1.54, 1.807) is 18.7 Å². The molecule has 4 aliphatic rings. The first-order valence-corrected chi connectivity index (χ1v) is 6.52. The minimum Gasteiger partial charge on any atom is -0.487 e. The lowest BCUT2D eigenvalue weighted by molar-refractivity contribution is -0.0986. The highest BCUT2D eigenvalue weighted by Crippen LogP contribution is 2.44. The lowest BCUT2D eigenvalue weighted by atomic mass is 9.66. The van der Waals surface area contributed by atoms with E-state index in [1.165, 1.54) is 32.5 Å². The van der Waals surface area contributed by atoms with Crippen LogP contribution in [0.15, 0.2) is 18.7 Å². The van der Waals surface area contributed by atoms with E-state index in [9.17, 15) is 0 Å². The van der Waals surface area contributed by atoms with Crippen molar-refractivity contribution in [2.75, 3.05) is 19.6 Å². The smallest absolute Gasteiger partial charge is 0.156 e. The Kier molecular flexibility index (Phi) is 3.16.